The van der Waals surface area contributed by atoms with Crippen LogP contribution in [-0.4, -0.2) is 46.0 Å². The van der Waals surface area contributed by atoms with Crippen LogP contribution in [0.4, 0.5) is 10.5 Å². The molecule has 1 aromatic carbocycles. The lowest BCUT2D eigenvalue weighted by Gasteiger charge is -2.34. The van der Waals surface area contributed by atoms with Crippen LogP contribution in [0.15, 0.2) is 47.6 Å². The van der Waals surface area contributed by atoms with E-state index in [-0.39, 0.29) is 34.7 Å². The van der Waals surface area contributed by atoms with Crippen molar-refractivity contribution in [3.8, 4) is 17.7 Å². The number of ether oxygens (including phenoxy) is 2. The number of amides is 1. The van der Waals surface area contributed by atoms with Crippen LogP contribution in [0.1, 0.15) is 57.4 Å². The predicted molar refractivity (Wildman–Crippen MR) is 158 cm³/mol. The molecule has 0 saturated heterocycles. The zero-order valence-corrected chi connectivity index (χ0v) is 24.6. The maximum absolute atomic E-state index is 12.7. The van der Waals surface area contributed by atoms with Gasteiger partial charge in [-0.1, -0.05) is 24.6 Å². The number of benzene rings is 1. The van der Waals surface area contributed by atoms with Crippen LogP contribution in [-0.2, 0) is 11.2 Å². The molecule has 1 aliphatic rings. The number of pyridine rings is 1. The van der Waals surface area contributed by atoms with Crippen molar-refractivity contribution in [2.24, 2.45) is 17.6 Å². The summed E-state index contributed by atoms with van der Waals surface area (Å²) >= 11 is 0. The Labute approximate surface area is 245 Å². The second-order valence-electron chi connectivity index (χ2n) is 10.4. The van der Waals surface area contributed by atoms with Gasteiger partial charge >= 0.3 is 6.16 Å². The van der Waals surface area contributed by atoms with Crippen molar-refractivity contribution in [1.29, 1.82) is 5.26 Å². The monoisotopic (exact) mass is 575 g/mol. The summed E-state index contributed by atoms with van der Waals surface area (Å²) in [5.74, 6) is 0.0348. The molecule has 11 heteroatoms. The van der Waals surface area contributed by atoms with E-state index in [1.54, 1.807) is 26.0 Å². The summed E-state index contributed by atoms with van der Waals surface area (Å²) in [6, 6.07) is 8.73. The summed E-state index contributed by atoms with van der Waals surface area (Å²) < 4.78 is 10.6. The van der Waals surface area contributed by atoms with Crippen molar-refractivity contribution in [3.05, 3.63) is 74.5 Å². The summed E-state index contributed by atoms with van der Waals surface area (Å²) in [4.78, 5) is 42.2. The van der Waals surface area contributed by atoms with E-state index in [1.807, 2.05) is 19.9 Å². The molecule has 11 nitrogen and oxygen atoms in total. The maximum atomic E-state index is 12.7. The van der Waals surface area contributed by atoms with E-state index in [4.69, 9.17) is 15.2 Å². The van der Waals surface area contributed by atoms with Crippen LogP contribution >= 0.6 is 0 Å². The van der Waals surface area contributed by atoms with Crippen molar-refractivity contribution >= 4 is 23.8 Å². The highest BCUT2D eigenvalue weighted by atomic mass is 16.7. The molecular weight excluding hydrogens is 538 g/mol. The van der Waals surface area contributed by atoms with E-state index >= 15 is 0 Å². The summed E-state index contributed by atoms with van der Waals surface area (Å²) in [7, 11) is 0. The number of hydrogen-bond acceptors (Lipinski definition) is 9. The van der Waals surface area contributed by atoms with Crippen molar-refractivity contribution in [1.82, 2.24) is 9.88 Å². The minimum Gasteiger partial charge on any atom is -0.394 e. The van der Waals surface area contributed by atoms with Crippen LogP contribution in [0.2, 0.25) is 0 Å². The molecule has 1 amide bonds. The predicted octanol–water partition coefficient (Wildman–Crippen LogP) is 5.51. The number of nitrogens with zero attached hydrogens (tertiary/aromatic N) is 4. The van der Waals surface area contributed by atoms with Gasteiger partial charge in [0.05, 0.1) is 11.0 Å². The smallest absolute Gasteiger partial charge is 0.394 e. The molecule has 0 spiro atoms. The number of carbonyl (C=O) groups excluding carboxylic acids is 2. The van der Waals surface area contributed by atoms with Gasteiger partial charge in [-0.2, -0.15) is 5.26 Å². The Morgan fingerprint density at radius 2 is 1.93 bits per heavy atom. The third kappa shape index (κ3) is 8.01. The van der Waals surface area contributed by atoms with Gasteiger partial charge in [0, 0.05) is 37.0 Å². The molecule has 1 saturated carbocycles. The molecule has 1 heterocycles. The van der Waals surface area contributed by atoms with Crippen LogP contribution < -0.4 is 15.2 Å². The zero-order valence-electron chi connectivity index (χ0n) is 24.6. The molecule has 1 fully saturated rings. The van der Waals surface area contributed by atoms with E-state index in [0.717, 1.165) is 30.2 Å². The van der Waals surface area contributed by atoms with Crippen LogP contribution in [0.5, 0.6) is 11.6 Å². The van der Waals surface area contributed by atoms with Crippen LogP contribution in [0.25, 0.3) is 6.08 Å². The Morgan fingerprint density at radius 1 is 1.21 bits per heavy atom. The van der Waals surface area contributed by atoms with E-state index in [9.17, 15) is 25.0 Å². The molecule has 222 valence electrons. The lowest BCUT2D eigenvalue weighted by atomic mass is 9.73. The summed E-state index contributed by atoms with van der Waals surface area (Å²) in [5.41, 5.74) is 8.85. The van der Waals surface area contributed by atoms with E-state index in [1.165, 1.54) is 28.7 Å². The highest BCUT2D eigenvalue weighted by molar-refractivity contribution is 6.01. The number of hydrogen-bond donors (Lipinski definition) is 1. The molecule has 2 aromatic rings. The normalized spacial score (nSPS) is 19.6. The van der Waals surface area contributed by atoms with Crippen LogP contribution in [0.3, 0.4) is 0 Å². The van der Waals surface area contributed by atoms with Gasteiger partial charge in [-0.05, 0) is 82.1 Å². The maximum Gasteiger partial charge on any atom is 0.520 e. The second kappa shape index (κ2) is 14.4. The molecule has 2 N–H and O–H groups in total. The molecular formula is C31H37N5O6. The highest BCUT2D eigenvalue weighted by Gasteiger charge is 2.29. The average molecular weight is 576 g/mol. The number of nitro groups is 1. The van der Waals surface area contributed by atoms with Gasteiger partial charge in [-0.15, -0.1) is 0 Å². The number of nitro benzene ring substituents is 1. The number of nitrogens with two attached hydrogens (primary N) is 1. The number of non-ortho nitro benzene ring substituents is 1. The van der Waals surface area contributed by atoms with Gasteiger partial charge in [0.15, 0.2) is 0 Å². The molecule has 3 atom stereocenters. The summed E-state index contributed by atoms with van der Waals surface area (Å²) in [6.45, 7) is 10.5. The van der Waals surface area contributed by atoms with E-state index in [0.29, 0.717) is 25.4 Å². The first-order valence-corrected chi connectivity index (χ1v) is 14.0. The zero-order chi connectivity index (χ0) is 31.0. The van der Waals surface area contributed by atoms with Gasteiger partial charge in [-0.25, -0.2) is 9.78 Å². The third-order valence-corrected chi connectivity index (χ3v) is 7.42. The van der Waals surface area contributed by atoms with Gasteiger partial charge in [0.25, 0.3) is 11.6 Å². The fraction of sp³-hybridized carbons (Fsp3) is 0.419. The van der Waals surface area contributed by atoms with Crippen molar-refractivity contribution < 1.29 is 24.0 Å². The molecule has 1 aromatic heterocycles. The SMILES string of the molecule is CC=C1C(N)CC(C)CC1Cc1nc(OC(=O)Oc2cc(C=C(C#N)C(=O)N(CC)CC)cc([N+](=O)[O-])c2)ccc1C. The molecule has 3 unspecified atom stereocenters. The Kier molecular flexibility index (Phi) is 10.9. The average Bonchev–Trinajstić information content (AvgIpc) is 2.93. The minimum atomic E-state index is -1.14. The first kappa shape index (κ1) is 32.0. The van der Waals surface area contributed by atoms with Crippen molar-refractivity contribution in [2.45, 2.75) is 59.9 Å². The molecule has 0 aliphatic heterocycles. The lowest BCUT2D eigenvalue weighted by Crippen LogP contribution is -2.35. The van der Waals surface area contributed by atoms with Gasteiger partial charge in [0.2, 0.25) is 5.88 Å². The number of rotatable bonds is 9. The number of aryl methyl sites for hydroxylation is 1. The number of aromatic nitrogens is 1. The molecule has 0 radical (unpaired) electrons. The Morgan fingerprint density at radius 3 is 2.55 bits per heavy atom. The first-order chi connectivity index (χ1) is 20.0. The topological polar surface area (TPSA) is 162 Å². The fourth-order valence-electron chi connectivity index (χ4n) is 5.33. The van der Waals surface area contributed by atoms with E-state index in [2.05, 4.69) is 18.0 Å². The minimum absolute atomic E-state index is 0.00715. The first-order valence-electron chi connectivity index (χ1n) is 14.0. The largest absolute Gasteiger partial charge is 0.520 e. The van der Waals surface area contributed by atoms with E-state index < -0.39 is 22.7 Å². The van der Waals surface area contributed by atoms with Gasteiger partial charge in [0.1, 0.15) is 17.4 Å². The summed E-state index contributed by atoms with van der Waals surface area (Å²) in [5, 5.41) is 21.1. The quantitative estimate of drug-likeness (QED) is 0.0772. The Balaban J connectivity index is 1.82. The molecule has 3 rings (SSSR count). The number of allylic oxidation sites excluding steroid dienone is 1. The van der Waals surface area contributed by atoms with Gasteiger partial charge < -0.3 is 20.1 Å². The Bertz CT molecular complexity index is 1440. The molecule has 1 aliphatic carbocycles. The fourth-order valence-corrected chi connectivity index (χ4v) is 5.33. The highest BCUT2D eigenvalue weighted by Crippen LogP contribution is 2.35. The second-order valence-corrected chi connectivity index (χ2v) is 10.4. The van der Waals surface area contributed by atoms with Crippen LogP contribution in [0, 0.1) is 40.2 Å². The third-order valence-electron chi connectivity index (χ3n) is 7.42. The Hall–Kier alpha value is -4.56. The standard InChI is InChI=1S/C31H37N5O6/c1-6-26-22(11-19(4)12-27(26)33)16-28-20(5)9-10-29(34-28)42-31(38)41-25-15-21(14-24(17-25)36(39)40)13-23(18-32)30(37)35(7-2)8-3/h6,9-10,13-15,17,19,22,27H,7-8,11-12,16,33H2,1-5H3. The van der Waals surface area contributed by atoms with Crippen molar-refractivity contribution in [3.63, 3.8) is 0 Å². The summed E-state index contributed by atoms with van der Waals surface area (Å²) in [6.07, 6.45) is 4.72. The molecule has 42 heavy (non-hydrogen) atoms. The number of likely N-dealkylation sites (N-methyl/N-ethyl adjacent to an activating group) is 1. The van der Waals surface area contributed by atoms with Gasteiger partial charge in [-0.3, -0.25) is 14.9 Å². The van der Waals surface area contributed by atoms with Crippen molar-refractivity contribution in [2.75, 3.05) is 13.1 Å². The number of carbonyl (C=O) groups is 2. The number of nitriles is 1. The lowest BCUT2D eigenvalue weighted by molar-refractivity contribution is -0.384. The molecule has 0 bridgehead atoms.